The largest absolute Gasteiger partial charge is 0.497 e. The topological polar surface area (TPSA) is 96.0 Å². The van der Waals surface area contributed by atoms with Gasteiger partial charge >= 0.3 is 0 Å². The highest BCUT2D eigenvalue weighted by atomic mass is 35.5. The maximum Gasteiger partial charge on any atom is 0.264 e. The van der Waals surface area contributed by atoms with Crippen molar-refractivity contribution in [3.05, 3.63) is 88.4 Å². The van der Waals surface area contributed by atoms with Crippen LogP contribution in [0, 0.1) is 0 Å². The Labute approximate surface area is 239 Å². The average molecular weight is 593 g/mol. The normalized spacial score (nSPS) is 11.9. The van der Waals surface area contributed by atoms with Crippen molar-refractivity contribution >= 4 is 50.7 Å². The van der Waals surface area contributed by atoms with E-state index in [0.717, 1.165) is 10.7 Å². The molecule has 2 amide bonds. The van der Waals surface area contributed by atoms with Crippen LogP contribution in [0.4, 0.5) is 5.69 Å². The fourth-order valence-electron chi connectivity index (χ4n) is 3.81. The lowest BCUT2D eigenvalue weighted by Crippen LogP contribution is -2.51. The van der Waals surface area contributed by atoms with Crippen LogP contribution < -0.4 is 14.4 Å². The Morgan fingerprint density at radius 3 is 2.23 bits per heavy atom. The second kappa shape index (κ2) is 13.7. The summed E-state index contributed by atoms with van der Waals surface area (Å²) in [5.41, 5.74) is 0.941. The van der Waals surface area contributed by atoms with Gasteiger partial charge in [0.25, 0.3) is 10.0 Å². The van der Waals surface area contributed by atoms with E-state index in [-0.39, 0.29) is 17.3 Å². The number of hydrogen-bond donors (Lipinski definition) is 1. The Morgan fingerprint density at radius 1 is 0.974 bits per heavy atom. The van der Waals surface area contributed by atoms with Crippen LogP contribution >= 0.6 is 23.2 Å². The molecule has 3 aromatic rings. The van der Waals surface area contributed by atoms with E-state index in [1.165, 1.54) is 36.3 Å². The van der Waals surface area contributed by atoms with Gasteiger partial charge in [0.15, 0.2) is 0 Å². The van der Waals surface area contributed by atoms with Gasteiger partial charge in [0.1, 0.15) is 18.3 Å². The van der Waals surface area contributed by atoms with Crippen molar-refractivity contribution in [1.82, 2.24) is 10.2 Å². The SMILES string of the molecule is CCCNC(=O)[C@@H](C)N(Cc1ccc(Cl)c(Cl)c1)C(=O)CN(c1ccccc1)S(=O)(=O)c1ccc(OC)cc1. The third-order valence-corrected chi connectivity index (χ3v) is 8.55. The summed E-state index contributed by atoms with van der Waals surface area (Å²) in [7, 11) is -2.68. The summed E-state index contributed by atoms with van der Waals surface area (Å²) in [4.78, 5) is 28.1. The molecular weight excluding hydrogens is 561 g/mol. The summed E-state index contributed by atoms with van der Waals surface area (Å²) in [5, 5.41) is 3.46. The van der Waals surface area contributed by atoms with Gasteiger partial charge in [0.05, 0.1) is 27.7 Å². The van der Waals surface area contributed by atoms with Gasteiger partial charge in [0.2, 0.25) is 11.8 Å². The molecule has 208 valence electrons. The van der Waals surface area contributed by atoms with Crippen LogP contribution in [0.2, 0.25) is 10.0 Å². The van der Waals surface area contributed by atoms with Gasteiger partial charge in [0, 0.05) is 13.1 Å². The van der Waals surface area contributed by atoms with E-state index >= 15 is 0 Å². The highest BCUT2D eigenvalue weighted by Crippen LogP contribution is 2.27. The minimum atomic E-state index is -4.16. The fourth-order valence-corrected chi connectivity index (χ4v) is 5.55. The first-order valence-electron chi connectivity index (χ1n) is 12.3. The lowest BCUT2D eigenvalue weighted by molar-refractivity contribution is -0.139. The number of methoxy groups -OCH3 is 1. The van der Waals surface area contributed by atoms with Gasteiger partial charge in [-0.05, 0) is 67.4 Å². The summed E-state index contributed by atoms with van der Waals surface area (Å²) >= 11 is 12.2. The molecule has 39 heavy (non-hydrogen) atoms. The van der Waals surface area contributed by atoms with E-state index in [2.05, 4.69) is 5.32 Å². The molecule has 0 saturated heterocycles. The second-order valence-electron chi connectivity index (χ2n) is 8.76. The minimum absolute atomic E-state index is 0.00952. The predicted molar refractivity (Wildman–Crippen MR) is 154 cm³/mol. The van der Waals surface area contributed by atoms with Crippen molar-refractivity contribution in [2.75, 3.05) is 24.5 Å². The molecule has 0 spiro atoms. The van der Waals surface area contributed by atoms with Crippen molar-refractivity contribution in [2.24, 2.45) is 0 Å². The molecule has 0 aliphatic rings. The number of halogens is 2. The quantitative estimate of drug-likeness (QED) is 0.314. The van der Waals surface area contributed by atoms with Crippen LogP contribution in [0.15, 0.2) is 77.7 Å². The Bertz CT molecular complexity index is 1390. The van der Waals surface area contributed by atoms with Crippen molar-refractivity contribution in [3.8, 4) is 5.75 Å². The minimum Gasteiger partial charge on any atom is -0.497 e. The standard InChI is InChI=1S/C28H31Cl2N3O5S/c1-4-16-31-28(35)20(2)32(18-21-10-15-25(29)26(30)17-21)27(34)19-33(22-8-6-5-7-9-22)39(36,37)24-13-11-23(38-3)12-14-24/h5-15,17,20H,4,16,18-19H2,1-3H3,(H,31,35)/t20-/m1/s1. The van der Waals surface area contributed by atoms with Crippen LogP contribution in [0.25, 0.3) is 0 Å². The zero-order chi connectivity index (χ0) is 28.6. The Balaban J connectivity index is 2.00. The molecule has 3 aromatic carbocycles. The molecular formula is C28H31Cl2N3O5S. The zero-order valence-corrected chi connectivity index (χ0v) is 24.3. The third-order valence-electron chi connectivity index (χ3n) is 6.02. The van der Waals surface area contributed by atoms with Gasteiger partial charge in [-0.1, -0.05) is 54.4 Å². The van der Waals surface area contributed by atoms with Gasteiger partial charge < -0.3 is 15.0 Å². The van der Waals surface area contributed by atoms with Gasteiger partial charge in [-0.3, -0.25) is 13.9 Å². The Kier molecular flexibility index (Phi) is 10.6. The number of amides is 2. The molecule has 0 bridgehead atoms. The smallest absolute Gasteiger partial charge is 0.264 e. The molecule has 1 N–H and O–H groups in total. The molecule has 1 atom stereocenters. The number of anilines is 1. The van der Waals surface area contributed by atoms with Crippen LogP contribution in [-0.4, -0.2) is 51.4 Å². The highest BCUT2D eigenvalue weighted by molar-refractivity contribution is 7.92. The summed E-state index contributed by atoms with van der Waals surface area (Å²) in [6, 6.07) is 18.3. The van der Waals surface area contributed by atoms with E-state index in [4.69, 9.17) is 27.9 Å². The van der Waals surface area contributed by atoms with Crippen LogP contribution in [0.1, 0.15) is 25.8 Å². The summed E-state index contributed by atoms with van der Waals surface area (Å²) in [5.74, 6) is -0.424. The number of rotatable bonds is 12. The molecule has 0 aliphatic carbocycles. The van der Waals surface area contributed by atoms with Crippen LogP contribution in [0.3, 0.4) is 0 Å². The molecule has 3 rings (SSSR count). The van der Waals surface area contributed by atoms with Crippen molar-refractivity contribution in [3.63, 3.8) is 0 Å². The number of carbonyl (C=O) groups is 2. The van der Waals surface area contributed by atoms with Crippen molar-refractivity contribution < 1.29 is 22.7 Å². The second-order valence-corrected chi connectivity index (χ2v) is 11.4. The van der Waals surface area contributed by atoms with E-state index in [0.29, 0.717) is 33.6 Å². The monoisotopic (exact) mass is 591 g/mol. The van der Waals surface area contributed by atoms with E-state index < -0.39 is 28.5 Å². The number of nitrogens with zero attached hydrogens (tertiary/aromatic N) is 2. The molecule has 11 heteroatoms. The highest BCUT2D eigenvalue weighted by Gasteiger charge is 2.32. The summed E-state index contributed by atoms with van der Waals surface area (Å²) in [6.07, 6.45) is 0.723. The van der Waals surface area contributed by atoms with Crippen molar-refractivity contribution in [1.29, 1.82) is 0 Å². The molecule has 0 radical (unpaired) electrons. The van der Waals surface area contributed by atoms with E-state index in [1.54, 1.807) is 55.5 Å². The molecule has 8 nitrogen and oxygen atoms in total. The number of sulfonamides is 1. The first kappa shape index (κ1) is 30.3. The number of para-hydroxylation sites is 1. The average Bonchev–Trinajstić information content (AvgIpc) is 2.95. The number of ether oxygens (including phenoxy) is 1. The molecule has 0 fully saturated rings. The first-order valence-corrected chi connectivity index (χ1v) is 14.5. The van der Waals surface area contributed by atoms with Crippen molar-refractivity contribution in [2.45, 2.75) is 37.8 Å². The van der Waals surface area contributed by atoms with E-state index in [1.807, 2.05) is 6.92 Å². The predicted octanol–water partition coefficient (Wildman–Crippen LogP) is 5.14. The summed E-state index contributed by atoms with van der Waals surface area (Å²) < 4.78 is 33.7. The molecule has 0 aromatic heterocycles. The number of hydrogen-bond acceptors (Lipinski definition) is 5. The van der Waals surface area contributed by atoms with Crippen LogP contribution in [-0.2, 0) is 26.2 Å². The Hall–Kier alpha value is -3.27. The third kappa shape index (κ3) is 7.65. The van der Waals surface area contributed by atoms with E-state index in [9.17, 15) is 18.0 Å². The molecule has 0 heterocycles. The zero-order valence-electron chi connectivity index (χ0n) is 21.9. The number of benzene rings is 3. The maximum absolute atomic E-state index is 13.8. The first-order chi connectivity index (χ1) is 18.6. The van der Waals surface area contributed by atoms with Gasteiger partial charge in [-0.25, -0.2) is 8.42 Å². The Morgan fingerprint density at radius 2 is 1.64 bits per heavy atom. The molecule has 0 unspecified atom stereocenters. The molecule has 0 saturated carbocycles. The fraction of sp³-hybridized carbons (Fsp3) is 0.286. The maximum atomic E-state index is 13.8. The van der Waals surface area contributed by atoms with Gasteiger partial charge in [-0.2, -0.15) is 0 Å². The lowest BCUT2D eigenvalue weighted by atomic mass is 10.1. The van der Waals surface area contributed by atoms with Crippen LogP contribution in [0.5, 0.6) is 5.75 Å². The molecule has 0 aliphatic heterocycles. The summed E-state index contributed by atoms with van der Waals surface area (Å²) in [6.45, 7) is 3.45. The number of carbonyl (C=O) groups excluding carboxylic acids is 2. The lowest BCUT2D eigenvalue weighted by Gasteiger charge is -2.32. The van der Waals surface area contributed by atoms with Gasteiger partial charge in [-0.15, -0.1) is 0 Å². The number of nitrogens with one attached hydrogen (secondary N) is 1.